The standard InChI is InChI=1S/C20H19F2NO3S/c21-14-8-9-16(22)18(10-14)27-12-20(25)26-11-19(24)23-17-7-3-5-13-4-1-2-6-15(13)17/h1-2,4,6,8-10,17H,3,5,7,11-12H2,(H,23,24)/t17-/m0/s1. The molecule has 1 N–H and O–H groups in total. The maximum absolute atomic E-state index is 13.5. The number of carbonyl (C=O) groups excluding carboxylic acids is 2. The molecule has 7 heteroatoms. The highest BCUT2D eigenvalue weighted by Gasteiger charge is 2.21. The predicted octanol–water partition coefficient (Wildman–Crippen LogP) is 3.79. The molecule has 0 radical (unpaired) electrons. The van der Waals surface area contributed by atoms with Crippen LogP contribution in [0.15, 0.2) is 47.4 Å². The van der Waals surface area contributed by atoms with Gasteiger partial charge >= 0.3 is 5.97 Å². The Bertz CT molecular complexity index is 844. The molecule has 27 heavy (non-hydrogen) atoms. The summed E-state index contributed by atoms with van der Waals surface area (Å²) in [7, 11) is 0. The van der Waals surface area contributed by atoms with Gasteiger partial charge in [0, 0.05) is 4.90 Å². The molecule has 1 aliphatic rings. The van der Waals surface area contributed by atoms with E-state index < -0.39 is 24.2 Å². The highest BCUT2D eigenvalue weighted by Crippen LogP contribution is 2.29. The topological polar surface area (TPSA) is 55.4 Å². The van der Waals surface area contributed by atoms with Crippen LogP contribution in [0.3, 0.4) is 0 Å². The Kier molecular flexibility index (Phi) is 6.45. The van der Waals surface area contributed by atoms with Crippen molar-refractivity contribution in [3.05, 3.63) is 65.2 Å². The lowest BCUT2D eigenvalue weighted by molar-refractivity contribution is -0.146. The molecule has 142 valence electrons. The first kappa shape index (κ1) is 19.4. The van der Waals surface area contributed by atoms with Gasteiger partial charge in [0.1, 0.15) is 11.6 Å². The van der Waals surface area contributed by atoms with E-state index in [1.165, 1.54) is 5.56 Å². The fraction of sp³-hybridized carbons (Fsp3) is 0.300. The van der Waals surface area contributed by atoms with Gasteiger partial charge in [0.05, 0.1) is 11.8 Å². The zero-order valence-corrected chi connectivity index (χ0v) is 15.4. The third-order valence-corrected chi connectivity index (χ3v) is 5.31. The lowest BCUT2D eigenvalue weighted by atomic mass is 9.88. The summed E-state index contributed by atoms with van der Waals surface area (Å²) in [4.78, 5) is 23.9. The molecule has 4 nitrogen and oxygen atoms in total. The second-order valence-electron chi connectivity index (χ2n) is 6.24. The minimum absolute atomic E-state index is 0.0233. The average Bonchev–Trinajstić information content (AvgIpc) is 2.67. The lowest BCUT2D eigenvalue weighted by Crippen LogP contribution is -2.34. The number of ether oxygens (including phenoxy) is 1. The molecule has 2 aromatic carbocycles. The van der Waals surface area contributed by atoms with Gasteiger partial charge in [0.2, 0.25) is 0 Å². The van der Waals surface area contributed by atoms with Crippen LogP contribution in [0.2, 0.25) is 0 Å². The number of amides is 1. The van der Waals surface area contributed by atoms with Crippen molar-refractivity contribution in [1.82, 2.24) is 5.32 Å². The van der Waals surface area contributed by atoms with Crippen molar-refractivity contribution in [2.45, 2.75) is 30.2 Å². The number of thioether (sulfide) groups is 1. The average molecular weight is 391 g/mol. The minimum Gasteiger partial charge on any atom is -0.455 e. The number of esters is 1. The van der Waals surface area contributed by atoms with Crippen molar-refractivity contribution in [2.75, 3.05) is 12.4 Å². The van der Waals surface area contributed by atoms with Crippen LogP contribution < -0.4 is 5.32 Å². The van der Waals surface area contributed by atoms with E-state index >= 15 is 0 Å². The molecular formula is C20H19F2NO3S. The summed E-state index contributed by atoms with van der Waals surface area (Å²) in [5.41, 5.74) is 2.32. The smallest absolute Gasteiger partial charge is 0.316 e. The summed E-state index contributed by atoms with van der Waals surface area (Å²) < 4.78 is 31.6. The number of rotatable bonds is 6. The molecule has 0 saturated carbocycles. The van der Waals surface area contributed by atoms with Gasteiger partial charge in [-0.15, -0.1) is 11.8 Å². The van der Waals surface area contributed by atoms with Crippen molar-refractivity contribution >= 4 is 23.6 Å². The Morgan fingerprint density at radius 3 is 2.85 bits per heavy atom. The zero-order chi connectivity index (χ0) is 19.2. The van der Waals surface area contributed by atoms with Gasteiger partial charge in [-0.2, -0.15) is 0 Å². The number of hydrogen-bond acceptors (Lipinski definition) is 4. The zero-order valence-electron chi connectivity index (χ0n) is 14.5. The fourth-order valence-electron chi connectivity index (χ4n) is 3.05. The van der Waals surface area contributed by atoms with Crippen LogP contribution in [0.4, 0.5) is 8.78 Å². The van der Waals surface area contributed by atoms with Crippen molar-refractivity contribution in [1.29, 1.82) is 0 Å². The molecule has 1 aliphatic carbocycles. The van der Waals surface area contributed by atoms with Crippen LogP contribution in [0.25, 0.3) is 0 Å². The van der Waals surface area contributed by atoms with Gasteiger partial charge in [-0.05, 0) is 48.6 Å². The van der Waals surface area contributed by atoms with Gasteiger partial charge in [-0.3, -0.25) is 9.59 Å². The number of benzene rings is 2. The van der Waals surface area contributed by atoms with Crippen molar-refractivity contribution in [3.63, 3.8) is 0 Å². The summed E-state index contributed by atoms with van der Waals surface area (Å²) in [5, 5.41) is 2.89. The van der Waals surface area contributed by atoms with Crippen LogP contribution >= 0.6 is 11.8 Å². The molecule has 0 heterocycles. The summed E-state index contributed by atoms with van der Waals surface area (Å²) in [6, 6.07) is 10.9. The third-order valence-electron chi connectivity index (χ3n) is 4.31. The van der Waals surface area contributed by atoms with E-state index in [0.717, 1.165) is 54.8 Å². The van der Waals surface area contributed by atoms with E-state index in [0.29, 0.717) is 0 Å². The highest BCUT2D eigenvalue weighted by atomic mass is 32.2. The number of halogens is 2. The van der Waals surface area contributed by atoms with Gasteiger partial charge in [-0.1, -0.05) is 24.3 Å². The van der Waals surface area contributed by atoms with Crippen molar-refractivity contribution < 1.29 is 23.1 Å². The van der Waals surface area contributed by atoms with Gasteiger partial charge in [0.25, 0.3) is 5.91 Å². The minimum atomic E-state index is -0.664. The number of hydrogen-bond donors (Lipinski definition) is 1. The second-order valence-corrected chi connectivity index (χ2v) is 7.25. The maximum Gasteiger partial charge on any atom is 0.316 e. The first-order valence-corrected chi connectivity index (χ1v) is 9.62. The first-order chi connectivity index (χ1) is 13.0. The third kappa shape index (κ3) is 5.29. The van der Waals surface area contributed by atoms with Gasteiger partial charge in [0.15, 0.2) is 6.61 Å². The van der Waals surface area contributed by atoms with E-state index in [1.807, 2.05) is 18.2 Å². The number of aryl methyl sites for hydroxylation is 1. The quantitative estimate of drug-likeness (QED) is 0.601. The van der Waals surface area contributed by atoms with Crippen LogP contribution in [-0.4, -0.2) is 24.2 Å². The Hall–Kier alpha value is -2.41. The second kappa shape index (κ2) is 8.99. The molecule has 2 aromatic rings. The van der Waals surface area contributed by atoms with Crippen LogP contribution in [0, 0.1) is 11.6 Å². The molecule has 0 unspecified atom stereocenters. The number of carbonyl (C=O) groups is 2. The molecule has 1 atom stereocenters. The van der Waals surface area contributed by atoms with E-state index in [1.54, 1.807) is 0 Å². The Morgan fingerprint density at radius 2 is 2.00 bits per heavy atom. The van der Waals surface area contributed by atoms with Gasteiger partial charge in [-0.25, -0.2) is 8.78 Å². The Labute approximate surface area is 160 Å². The molecule has 0 aliphatic heterocycles. The van der Waals surface area contributed by atoms with E-state index in [9.17, 15) is 18.4 Å². The molecule has 0 bridgehead atoms. The molecule has 0 spiro atoms. The Morgan fingerprint density at radius 1 is 1.19 bits per heavy atom. The molecule has 3 rings (SSSR count). The normalized spacial score (nSPS) is 15.7. The molecule has 1 amide bonds. The van der Waals surface area contributed by atoms with E-state index in [4.69, 9.17) is 4.74 Å². The summed E-state index contributed by atoms with van der Waals surface area (Å²) in [6.07, 6.45) is 2.81. The molecule has 0 saturated heterocycles. The Balaban J connectivity index is 1.45. The van der Waals surface area contributed by atoms with Crippen molar-refractivity contribution in [3.8, 4) is 0 Å². The molecule has 0 aromatic heterocycles. The van der Waals surface area contributed by atoms with Crippen LogP contribution in [-0.2, 0) is 20.7 Å². The summed E-state index contributed by atoms with van der Waals surface area (Å²) >= 11 is 0.826. The van der Waals surface area contributed by atoms with E-state index in [2.05, 4.69) is 11.4 Å². The lowest BCUT2D eigenvalue weighted by Gasteiger charge is -2.26. The van der Waals surface area contributed by atoms with Crippen LogP contribution in [0.5, 0.6) is 0 Å². The van der Waals surface area contributed by atoms with E-state index in [-0.39, 0.29) is 22.6 Å². The monoisotopic (exact) mass is 391 g/mol. The molecule has 0 fully saturated rings. The summed E-state index contributed by atoms with van der Waals surface area (Å²) in [5.74, 6) is -2.45. The SMILES string of the molecule is O=C(COC(=O)CSc1cc(F)ccc1F)N[C@H]1CCCc2ccccc21. The first-order valence-electron chi connectivity index (χ1n) is 8.63. The van der Waals surface area contributed by atoms with Gasteiger partial charge < -0.3 is 10.1 Å². The summed E-state index contributed by atoms with van der Waals surface area (Å²) in [6.45, 7) is -0.399. The van der Waals surface area contributed by atoms with Crippen molar-refractivity contribution in [2.24, 2.45) is 0 Å². The largest absolute Gasteiger partial charge is 0.455 e. The molecular weight excluding hydrogens is 372 g/mol. The predicted molar refractivity (Wildman–Crippen MR) is 98.3 cm³/mol. The number of nitrogens with one attached hydrogen (secondary N) is 1. The number of fused-ring (bicyclic) bond motifs is 1. The fourth-order valence-corrected chi connectivity index (χ4v) is 3.81. The maximum atomic E-state index is 13.5. The highest BCUT2D eigenvalue weighted by molar-refractivity contribution is 8.00. The van der Waals surface area contributed by atoms with Crippen LogP contribution in [0.1, 0.15) is 30.0 Å².